The van der Waals surface area contributed by atoms with Gasteiger partial charge in [-0.25, -0.2) is 13.1 Å². The summed E-state index contributed by atoms with van der Waals surface area (Å²) in [4.78, 5) is 12.5. The van der Waals surface area contributed by atoms with E-state index in [1.54, 1.807) is 19.1 Å². The van der Waals surface area contributed by atoms with E-state index < -0.39 is 10.0 Å². The maximum Gasteiger partial charge on any atom is 0.251 e. The standard InChI is InChI=1S/C20H26N2O3S/c1-4-8-16(3)22-20(23)18-12-11-15(2)19(13-18)26(24,25)21-14-17-9-6-5-7-10-17/h5-7,9-13,16,21H,4,8,14H2,1-3H3,(H,22,23). The van der Waals surface area contributed by atoms with E-state index in [0.717, 1.165) is 18.4 Å². The highest BCUT2D eigenvalue weighted by molar-refractivity contribution is 7.89. The summed E-state index contributed by atoms with van der Waals surface area (Å²) in [6.45, 7) is 5.91. The second-order valence-electron chi connectivity index (χ2n) is 6.45. The summed E-state index contributed by atoms with van der Waals surface area (Å²) in [5.41, 5.74) is 1.82. The van der Waals surface area contributed by atoms with Crippen molar-refractivity contribution in [3.8, 4) is 0 Å². The molecule has 140 valence electrons. The maximum atomic E-state index is 12.7. The molecule has 0 saturated heterocycles. The summed E-state index contributed by atoms with van der Waals surface area (Å²) < 4.78 is 28.0. The van der Waals surface area contributed by atoms with Gasteiger partial charge in [0.15, 0.2) is 0 Å². The summed E-state index contributed by atoms with van der Waals surface area (Å²) in [5, 5.41) is 2.90. The van der Waals surface area contributed by atoms with Crippen LogP contribution in [0.25, 0.3) is 0 Å². The Bertz CT molecular complexity index is 849. The third-order valence-corrected chi connectivity index (χ3v) is 5.69. The van der Waals surface area contributed by atoms with Crippen LogP contribution in [0.15, 0.2) is 53.4 Å². The van der Waals surface area contributed by atoms with E-state index in [9.17, 15) is 13.2 Å². The van der Waals surface area contributed by atoms with Crippen LogP contribution in [0.5, 0.6) is 0 Å². The minimum Gasteiger partial charge on any atom is -0.350 e. The van der Waals surface area contributed by atoms with Gasteiger partial charge in [0, 0.05) is 18.2 Å². The predicted molar refractivity (Wildman–Crippen MR) is 103 cm³/mol. The van der Waals surface area contributed by atoms with Crippen LogP contribution >= 0.6 is 0 Å². The molecule has 0 heterocycles. The van der Waals surface area contributed by atoms with E-state index in [-0.39, 0.29) is 23.4 Å². The molecule has 2 rings (SSSR count). The lowest BCUT2D eigenvalue weighted by Gasteiger charge is -2.14. The van der Waals surface area contributed by atoms with Crippen LogP contribution in [0.3, 0.4) is 0 Å². The van der Waals surface area contributed by atoms with Crippen LogP contribution in [0.2, 0.25) is 0 Å². The Hall–Kier alpha value is -2.18. The van der Waals surface area contributed by atoms with Crippen LogP contribution in [-0.4, -0.2) is 20.4 Å². The Morgan fingerprint density at radius 2 is 1.81 bits per heavy atom. The number of hydrogen-bond donors (Lipinski definition) is 2. The molecule has 0 radical (unpaired) electrons. The number of rotatable bonds is 8. The van der Waals surface area contributed by atoms with Crippen molar-refractivity contribution in [3.63, 3.8) is 0 Å². The first-order valence-electron chi connectivity index (χ1n) is 8.78. The second-order valence-corrected chi connectivity index (χ2v) is 8.19. The Labute approximate surface area is 155 Å². The van der Waals surface area contributed by atoms with Gasteiger partial charge >= 0.3 is 0 Å². The Morgan fingerprint density at radius 3 is 2.46 bits per heavy atom. The van der Waals surface area contributed by atoms with Crippen LogP contribution in [-0.2, 0) is 16.6 Å². The smallest absolute Gasteiger partial charge is 0.251 e. The van der Waals surface area contributed by atoms with E-state index in [2.05, 4.69) is 17.0 Å². The number of nitrogens with one attached hydrogen (secondary N) is 2. The molecule has 1 unspecified atom stereocenters. The molecule has 0 fully saturated rings. The molecule has 6 heteroatoms. The first-order chi connectivity index (χ1) is 12.3. The molecule has 2 N–H and O–H groups in total. The average Bonchev–Trinajstić information content (AvgIpc) is 2.61. The van der Waals surface area contributed by atoms with Crippen LogP contribution < -0.4 is 10.0 Å². The van der Waals surface area contributed by atoms with E-state index in [1.807, 2.05) is 37.3 Å². The lowest BCUT2D eigenvalue weighted by atomic mass is 10.1. The molecular formula is C20H26N2O3S. The van der Waals surface area contributed by atoms with Gasteiger partial charge in [-0.3, -0.25) is 4.79 Å². The molecule has 0 aliphatic heterocycles. The summed E-state index contributed by atoms with van der Waals surface area (Å²) >= 11 is 0. The second kappa shape index (κ2) is 8.96. The Balaban J connectivity index is 2.18. The van der Waals surface area contributed by atoms with Crippen LogP contribution in [0.4, 0.5) is 0 Å². The van der Waals surface area contributed by atoms with Crippen molar-refractivity contribution in [1.29, 1.82) is 0 Å². The number of hydrogen-bond acceptors (Lipinski definition) is 3. The van der Waals surface area contributed by atoms with Gasteiger partial charge in [0.25, 0.3) is 5.91 Å². The van der Waals surface area contributed by atoms with Crippen LogP contribution in [0.1, 0.15) is 48.2 Å². The number of sulfonamides is 1. The highest BCUT2D eigenvalue weighted by Crippen LogP contribution is 2.18. The lowest BCUT2D eigenvalue weighted by molar-refractivity contribution is 0.0938. The quantitative estimate of drug-likeness (QED) is 0.744. The molecular weight excluding hydrogens is 348 g/mol. The fourth-order valence-electron chi connectivity index (χ4n) is 2.70. The summed E-state index contributed by atoms with van der Waals surface area (Å²) in [7, 11) is -3.71. The zero-order valence-corrected chi connectivity index (χ0v) is 16.3. The third kappa shape index (κ3) is 5.41. The largest absolute Gasteiger partial charge is 0.350 e. The minimum absolute atomic E-state index is 0.0464. The van der Waals surface area contributed by atoms with Crippen molar-refractivity contribution in [3.05, 3.63) is 65.2 Å². The molecule has 1 atom stereocenters. The van der Waals surface area contributed by atoms with Crippen molar-refractivity contribution in [2.75, 3.05) is 0 Å². The number of benzene rings is 2. The first-order valence-corrected chi connectivity index (χ1v) is 10.3. The van der Waals surface area contributed by atoms with Crippen molar-refractivity contribution >= 4 is 15.9 Å². The van der Waals surface area contributed by atoms with E-state index >= 15 is 0 Å². The fraction of sp³-hybridized carbons (Fsp3) is 0.350. The molecule has 0 aliphatic carbocycles. The van der Waals surface area contributed by atoms with Gasteiger partial charge in [-0.15, -0.1) is 0 Å². The molecule has 0 saturated carbocycles. The van der Waals surface area contributed by atoms with Crippen molar-refractivity contribution in [1.82, 2.24) is 10.0 Å². The molecule has 1 amide bonds. The van der Waals surface area contributed by atoms with E-state index in [1.165, 1.54) is 6.07 Å². The molecule has 26 heavy (non-hydrogen) atoms. The summed E-state index contributed by atoms with van der Waals surface area (Å²) in [6, 6.07) is 14.1. The van der Waals surface area contributed by atoms with E-state index in [0.29, 0.717) is 11.1 Å². The zero-order chi connectivity index (χ0) is 19.2. The van der Waals surface area contributed by atoms with Crippen molar-refractivity contribution < 1.29 is 13.2 Å². The SMILES string of the molecule is CCCC(C)NC(=O)c1ccc(C)c(S(=O)(=O)NCc2ccccc2)c1. The van der Waals surface area contributed by atoms with Gasteiger partial charge in [-0.2, -0.15) is 0 Å². The predicted octanol–water partition coefficient (Wildman–Crippen LogP) is 3.39. The van der Waals surface area contributed by atoms with Gasteiger partial charge in [0.1, 0.15) is 0 Å². The highest BCUT2D eigenvalue weighted by atomic mass is 32.2. The van der Waals surface area contributed by atoms with Crippen molar-refractivity contribution in [2.45, 2.75) is 51.1 Å². The van der Waals surface area contributed by atoms with E-state index in [4.69, 9.17) is 0 Å². The van der Waals surface area contributed by atoms with Gasteiger partial charge in [-0.1, -0.05) is 49.7 Å². The Morgan fingerprint density at radius 1 is 1.12 bits per heavy atom. The number of carbonyl (C=O) groups is 1. The molecule has 0 aliphatic rings. The number of carbonyl (C=O) groups excluding carboxylic acids is 1. The molecule has 0 bridgehead atoms. The molecule has 5 nitrogen and oxygen atoms in total. The van der Waals surface area contributed by atoms with Crippen LogP contribution in [0, 0.1) is 6.92 Å². The first kappa shape index (κ1) is 20.1. The van der Waals surface area contributed by atoms with Gasteiger partial charge in [0.05, 0.1) is 4.90 Å². The lowest BCUT2D eigenvalue weighted by Crippen LogP contribution is -2.32. The number of aryl methyl sites for hydroxylation is 1. The molecule has 0 aromatic heterocycles. The number of amides is 1. The molecule has 2 aromatic carbocycles. The normalized spacial score (nSPS) is 12.6. The van der Waals surface area contributed by atoms with Crippen molar-refractivity contribution in [2.24, 2.45) is 0 Å². The summed E-state index contributed by atoms with van der Waals surface area (Å²) in [6.07, 6.45) is 1.85. The summed E-state index contributed by atoms with van der Waals surface area (Å²) in [5.74, 6) is -0.259. The zero-order valence-electron chi connectivity index (χ0n) is 15.5. The average molecular weight is 375 g/mol. The monoisotopic (exact) mass is 374 g/mol. The fourth-order valence-corrected chi connectivity index (χ4v) is 3.98. The third-order valence-electron chi connectivity index (χ3n) is 4.15. The topological polar surface area (TPSA) is 75.3 Å². The van der Waals surface area contributed by atoms with Gasteiger partial charge < -0.3 is 5.32 Å². The molecule has 2 aromatic rings. The van der Waals surface area contributed by atoms with Gasteiger partial charge in [-0.05, 0) is 43.5 Å². The minimum atomic E-state index is -3.71. The maximum absolute atomic E-state index is 12.7. The van der Waals surface area contributed by atoms with Gasteiger partial charge in [0.2, 0.25) is 10.0 Å². The Kier molecular flexibility index (Phi) is 6.94. The highest BCUT2D eigenvalue weighted by Gasteiger charge is 2.19. The molecule has 0 spiro atoms.